The molecule has 1 amide bonds. The minimum Gasteiger partial charge on any atom is -0.504 e. The molecule has 3 rings (SSSR count). The molecule has 2 N–H and O–H groups in total. The van der Waals surface area contributed by atoms with E-state index >= 15 is 0 Å². The SMILES string of the molecule is CCn1c(SCC(=O)N/N=C/c2ccc(O)c(OC)c2)nnc1-c1ccc(C)cc1. The first-order valence-corrected chi connectivity index (χ1v) is 10.3. The van der Waals surface area contributed by atoms with Crippen molar-refractivity contribution in [2.24, 2.45) is 5.10 Å². The van der Waals surface area contributed by atoms with Gasteiger partial charge in [-0.15, -0.1) is 10.2 Å². The van der Waals surface area contributed by atoms with Crippen LogP contribution >= 0.6 is 11.8 Å². The number of benzene rings is 2. The molecule has 1 aromatic heterocycles. The van der Waals surface area contributed by atoms with E-state index < -0.39 is 0 Å². The van der Waals surface area contributed by atoms with E-state index in [1.165, 1.54) is 36.7 Å². The molecular formula is C21H23N5O3S. The zero-order valence-corrected chi connectivity index (χ0v) is 17.8. The fourth-order valence-corrected chi connectivity index (χ4v) is 3.51. The standard InChI is InChI=1S/C21H23N5O3S/c1-4-26-20(16-8-5-14(2)6-9-16)24-25-21(26)30-13-19(28)23-22-12-15-7-10-17(27)18(11-15)29-3/h5-12,27H,4,13H2,1-3H3,(H,23,28)/b22-12+. The number of aryl methyl sites for hydroxylation is 1. The van der Waals surface area contributed by atoms with E-state index in [9.17, 15) is 9.90 Å². The first-order valence-electron chi connectivity index (χ1n) is 9.33. The highest BCUT2D eigenvalue weighted by Gasteiger charge is 2.14. The fourth-order valence-electron chi connectivity index (χ4n) is 2.71. The number of hydrogen-bond acceptors (Lipinski definition) is 7. The van der Waals surface area contributed by atoms with Crippen molar-refractivity contribution >= 4 is 23.9 Å². The molecule has 0 aliphatic carbocycles. The number of methoxy groups -OCH3 is 1. The molecule has 0 fully saturated rings. The van der Waals surface area contributed by atoms with Crippen molar-refractivity contribution in [2.45, 2.75) is 25.5 Å². The second-order valence-corrected chi connectivity index (χ2v) is 7.37. The predicted molar refractivity (Wildman–Crippen MR) is 117 cm³/mol. The molecule has 2 aromatic carbocycles. The lowest BCUT2D eigenvalue weighted by atomic mass is 10.1. The molecule has 3 aromatic rings. The molecule has 0 aliphatic heterocycles. The lowest BCUT2D eigenvalue weighted by molar-refractivity contribution is -0.118. The Labute approximate surface area is 179 Å². The van der Waals surface area contributed by atoms with Crippen molar-refractivity contribution in [3.63, 3.8) is 0 Å². The first-order chi connectivity index (χ1) is 14.5. The summed E-state index contributed by atoms with van der Waals surface area (Å²) in [6, 6.07) is 12.9. The molecule has 0 saturated carbocycles. The number of ether oxygens (including phenoxy) is 1. The highest BCUT2D eigenvalue weighted by atomic mass is 32.2. The number of aromatic hydroxyl groups is 1. The topological polar surface area (TPSA) is 102 Å². The van der Waals surface area contributed by atoms with Gasteiger partial charge in [0.25, 0.3) is 5.91 Å². The smallest absolute Gasteiger partial charge is 0.250 e. The number of thioether (sulfide) groups is 1. The lowest BCUT2D eigenvalue weighted by Gasteiger charge is -2.07. The Hall–Kier alpha value is -3.33. The summed E-state index contributed by atoms with van der Waals surface area (Å²) < 4.78 is 7.03. The van der Waals surface area contributed by atoms with Crippen molar-refractivity contribution in [2.75, 3.05) is 12.9 Å². The Morgan fingerprint density at radius 3 is 2.73 bits per heavy atom. The van der Waals surface area contributed by atoms with Crippen LogP contribution in [0.25, 0.3) is 11.4 Å². The average molecular weight is 426 g/mol. The molecule has 0 aliphatic rings. The molecule has 0 radical (unpaired) electrons. The van der Waals surface area contributed by atoms with Gasteiger partial charge in [0.2, 0.25) is 0 Å². The fraction of sp³-hybridized carbons (Fsp3) is 0.238. The third-order valence-electron chi connectivity index (χ3n) is 4.28. The van der Waals surface area contributed by atoms with E-state index in [4.69, 9.17) is 4.74 Å². The van der Waals surface area contributed by atoms with E-state index in [0.717, 1.165) is 11.4 Å². The van der Waals surface area contributed by atoms with Gasteiger partial charge in [0, 0.05) is 12.1 Å². The summed E-state index contributed by atoms with van der Waals surface area (Å²) in [4.78, 5) is 12.1. The summed E-state index contributed by atoms with van der Waals surface area (Å²) in [6.45, 7) is 4.75. The van der Waals surface area contributed by atoms with Gasteiger partial charge in [-0.2, -0.15) is 5.10 Å². The maximum atomic E-state index is 12.1. The van der Waals surface area contributed by atoms with Crippen LogP contribution < -0.4 is 10.2 Å². The Morgan fingerprint density at radius 1 is 1.27 bits per heavy atom. The molecule has 0 spiro atoms. The summed E-state index contributed by atoms with van der Waals surface area (Å²) in [5.41, 5.74) is 5.34. The van der Waals surface area contributed by atoms with Crippen LogP contribution in [0, 0.1) is 6.92 Å². The van der Waals surface area contributed by atoms with Crippen LogP contribution in [0.5, 0.6) is 11.5 Å². The number of nitrogens with zero attached hydrogens (tertiary/aromatic N) is 4. The molecular weight excluding hydrogens is 402 g/mol. The number of phenolic OH excluding ortho intramolecular Hbond substituents is 1. The molecule has 1 heterocycles. The van der Waals surface area contributed by atoms with Gasteiger partial charge in [0.15, 0.2) is 22.5 Å². The van der Waals surface area contributed by atoms with Gasteiger partial charge in [-0.1, -0.05) is 41.6 Å². The van der Waals surface area contributed by atoms with Crippen LogP contribution in [0.4, 0.5) is 0 Å². The first kappa shape index (κ1) is 21.4. The van der Waals surface area contributed by atoms with Crippen LogP contribution in [0.1, 0.15) is 18.1 Å². The molecule has 0 atom stereocenters. The highest BCUT2D eigenvalue weighted by molar-refractivity contribution is 7.99. The quantitative estimate of drug-likeness (QED) is 0.326. The van der Waals surface area contributed by atoms with E-state index in [1.807, 2.05) is 42.7 Å². The van der Waals surface area contributed by atoms with Crippen LogP contribution in [-0.2, 0) is 11.3 Å². The van der Waals surface area contributed by atoms with Crippen LogP contribution in [0.15, 0.2) is 52.7 Å². The summed E-state index contributed by atoms with van der Waals surface area (Å²) in [5.74, 6) is 1.05. The molecule has 0 bridgehead atoms. The number of rotatable bonds is 8. The molecule has 30 heavy (non-hydrogen) atoms. The zero-order valence-electron chi connectivity index (χ0n) is 17.0. The monoisotopic (exact) mass is 425 g/mol. The van der Waals surface area contributed by atoms with Crippen molar-refractivity contribution < 1.29 is 14.6 Å². The summed E-state index contributed by atoms with van der Waals surface area (Å²) in [5, 5.41) is 22.7. The normalized spacial score (nSPS) is 11.0. The molecule has 156 valence electrons. The summed E-state index contributed by atoms with van der Waals surface area (Å²) >= 11 is 1.30. The number of phenols is 1. The van der Waals surface area contributed by atoms with Crippen molar-refractivity contribution in [3.05, 3.63) is 53.6 Å². The van der Waals surface area contributed by atoms with E-state index in [0.29, 0.717) is 23.0 Å². The minimum absolute atomic E-state index is 0.0418. The van der Waals surface area contributed by atoms with Crippen molar-refractivity contribution in [1.82, 2.24) is 20.2 Å². The number of nitrogens with one attached hydrogen (secondary N) is 1. The van der Waals surface area contributed by atoms with Gasteiger partial charge in [-0.05, 0) is 37.6 Å². The Bertz CT molecular complexity index is 1050. The van der Waals surface area contributed by atoms with Crippen LogP contribution in [0.3, 0.4) is 0 Å². The largest absolute Gasteiger partial charge is 0.504 e. The Balaban J connectivity index is 1.59. The van der Waals surface area contributed by atoms with Gasteiger partial charge in [-0.25, -0.2) is 5.43 Å². The van der Waals surface area contributed by atoms with Gasteiger partial charge in [-0.3, -0.25) is 4.79 Å². The maximum absolute atomic E-state index is 12.1. The average Bonchev–Trinajstić information content (AvgIpc) is 3.17. The third kappa shape index (κ3) is 5.18. The summed E-state index contributed by atoms with van der Waals surface area (Å²) in [6.07, 6.45) is 1.48. The molecule has 8 nitrogen and oxygen atoms in total. The maximum Gasteiger partial charge on any atom is 0.250 e. The number of carbonyl (C=O) groups is 1. The van der Waals surface area contributed by atoms with Gasteiger partial charge >= 0.3 is 0 Å². The minimum atomic E-state index is -0.260. The number of amides is 1. The van der Waals surface area contributed by atoms with Crippen LogP contribution in [-0.4, -0.2) is 44.9 Å². The van der Waals surface area contributed by atoms with Gasteiger partial charge in [0.1, 0.15) is 0 Å². The second-order valence-electron chi connectivity index (χ2n) is 6.43. The molecule has 9 heteroatoms. The van der Waals surface area contributed by atoms with E-state index in [2.05, 4.69) is 20.7 Å². The molecule has 0 saturated heterocycles. The number of hydrogen-bond donors (Lipinski definition) is 2. The Morgan fingerprint density at radius 2 is 2.03 bits per heavy atom. The van der Waals surface area contributed by atoms with Gasteiger partial charge in [0.05, 0.1) is 19.1 Å². The van der Waals surface area contributed by atoms with Crippen molar-refractivity contribution in [3.8, 4) is 22.9 Å². The molecule has 0 unspecified atom stereocenters. The third-order valence-corrected chi connectivity index (χ3v) is 5.25. The summed E-state index contributed by atoms with van der Waals surface area (Å²) in [7, 11) is 1.47. The number of hydrazone groups is 1. The van der Waals surface area contributed by atoms with Crippen molar-refractivity contribution in [1.29, 1.82) is 0 Å². The highest BCUT2D eigenvalue weighted by Crippen LogP contribution is 2.26. The van der Waals surface area contributed by atoms with E-state index in [1.54, 1.807) is 12.1 Å². The van der Waals surface area contributed by atoms with Crippen LogP contribution in [0.2, 0.25) is 0 Å². The second kappa shape index (κ2) is 9.93. The lowest BCUT2D eigenvalue weighted by Crippen LogP contribution is -2.20. The van der Waals surface area contributed by atoms with Gasteiger partial charge < -0.3 is 14.4 Å². The zero-order chi connectivity index (χ0) is 21.5. The Kier molecular flexibility index (Phi) is 7.08. The predicted octanol–water partition coefficient (Wildman–Crippen LogP) is 3.23. The van der Waals surface area contributed by atoms with E-state index in [-0.39, 0.29) is 17.4 Å². The number of carbonyl (C=O) groups excluding carboxylic acids is 1. The number of aromatic nitrogens is 3.